The molecular weight excluding hydrogens is 450 g/mol. The molecule has 0 saturated heterocycles. The van der Waals surface area contributed by atoms with Crippen LogP contribution in [0.25, 0.3) is 11.1 Å². The van der Waals surface area contributed by atoms with Gasteiger partial charge >= 0.3 is 5.97 Å². The molecule has 172 valence electrons. The van der Waals surface area contributed by atoms with Crippen LogP contribution in [0.4, 0.5) is 5.69 Å². The Kier molecular flexibility index (Phi) is 4.51. The lowest BCUT2D eigenvalue weighted by Crippen LogP contribution is -2.21. The van der Waals surface area contributed by atoms with Crippen molar-refractivity contribution in [2.24, 2.45) is 0 Å². The minimum Gasteiger partial charge on any atom is -0.478 e. The number of carboxylic acids is 1. The SMILES string of the molecule is Cc1ccc(C2C[C@@]23C(=O)Nc2cc(Cl)c(-c4ccc(C5(CO)CC5)cc4)cc23)cc1C(=O)O. The van der Waals surface area contributed by atoms with Crippen LogP contribution in [0.3, 0.4) is 0 Å². The van der Waals surface area contributed by atoms with Gasteiger partial charge in [0.15, 0.2) is 0 Å². The van der Waals surface area contributed by atoms with E-state index in [2.05, 4.69) is 17.4 Å². The van der Waals surface area contributed by atoms with E-state index in [0.717, 1.165) is 46.3 Å². The van der Waals surface area contributed by atoms with Crippen molar-refractivity contribution in [1.82, 2.24) is 0 Å². The summed E-state index contributed by atoms with van der Waals surface area (Å²) in [6.07, 6.45) is 2.64. The van der Waals surface area contributed by atoms with E-state index >= 15 is 0 Å². The van der Waals surface area contributed by atoms with Crippen LogP contribution in [-0.4, -0.2) is 28.7 Å². The van der Waals surface area contributed by atoms with E-state index in [1.165, 1.54) is 0 Å². The van der Waals surface area contributed by atoms with Crippen LogP contribution in [-0.2, 0) is 15.6 Å². The summed E-state index contributed by atoms with van der Waals surface area (Å²) in [5.74, 6) is -1.10. The summed E-state index contributed by atoms with van der Waals surface area (Å²) in [6.45, 7) is 1.94. The molecule has 1 spiro atoms. The Bertz CT molecular complexity index is 1380. The van der Waals surface area contributed by atoms with Gasteiger partial charge in [0.25, 0.3) is 0 Å². The molecular formula is C28H24ClNO4. The molecule has 1 aliphatic heterocycles. The van der Waals surface area contributed by atoms with Crippen LogP contribution >= 0.6 is 11.6 Å². The molecule has 2 atom stereocenters. The quantitative estimate of drug-likeness (QED) is 0.462. The van der Waals surface area contributed by atoms with Crippen LogP contribution in [0.1, 0.15) is 57.8 Å². The van der Waals surface area contributed by atoms with Gasteiger partial charge in [-0.25, -0.2) is 4.79 Å². The standard InChI is InChI=1S/C28H24ClNO4/c1-15-2-3-17(10-19(15)25(32)33)22-13-28(22)21-11-20(23(29)12-24(21)30-26(28)34)16-4-6-18(7-5-16)27(14-31)8-9-27/h2-7,10-12,22,31H,8-9,13-14H2,1H3,(H,30,34)(H,32,33)/t22?,28-/m0/s1. The van der Waals surface area contributed by atoms with E-state index in [1.54, 1.807) is 13.0 Å². The van der Waals surface area contributed by atoms with Crippen molar-refractivity contribution >= 4 is 29.2 Å². The summed E-state index contributed by atoms with van der Waals surface area (Å²) in [4.78, 5) is 24.8. The second-order valence-electron chi connectivity index (χ2n) is 9.96. The van der Waals surface area contributed by atoms with Gasteiger partial charge in [-0.2, -0.15) is 0 Å². The first-order valence-corrected chi connectivity index (χ1v) is 11.9. The largest absolute Gasteiger partial charge is 0.478 e. The number of nitrogens with one attached hydrogen (secondary N) is 1. The molecule has 1 unspecified atom stereocenters. The topological polar surface area (TPSA) is 86.6 Å². The van der Waals surface area contributed by atoms with Crippen molar-refractivity contribution in [1.29, 1.82) is 0 Å². The second kappa shape index (κ2) is 7.17. The van der Waals surface area contributed by atoms with Crippen molar-refractivity contribution in [3.8, 4) is 11.1 Å². The molecule has 5 nitrogen and oxygen atoms in total. The van der Waals surface area contributed by atoms with Gasteiger partial charge in [-0.1, -0.05) is 48.0 Å². The van der Waals surface area contributed by atoms with E-state index in [9.17, 15) is 19.8 Å². The first kappa shape index (κ1) is 21.4. The number of aliphatic hydroxyl groups excluding tert-OH is 1. The summed E-state index contributed by atoms with van der Waals surface area (Å²) in [7, 11) is 0. The molecule has 34 heavy (non-hydrogen) atoms. The maximum Gasteiger partial charge on any atom is 0.335 e. The molecule has 2 fully saturated rings. The third-order valence-electron chi connectivity index (χ3n) is 8.06. The number of fused-ring (bicyclic) bond motifs is 2. The number of benzene rings is 3. The van der Waals surface area contributed by atoms with Crippen molar-refractivity contribution in [3.05, 3.63) is 87.4 Å². The Balaban J connectivity index is 1.38. The minimum atomic E-state index is -0.961. The van der Waals surface area contributed by atoms with Crippen LogP contribution in [0.15, 0.2) is 54.6 Å². The lowest BCUT2D eigenvalue weighted by atomic mass is 9.88. The highest BCUT2D eigenvalue weighted by Crippen LogP contribution is 2.65. The first-order valence-electron chi connectivity index (χ1n) is 11.5. The highest BCUT2D eigenvalue weighted by Gasteiger charge is 2.65. The van der Waals surface area contributed by atoms with Crippen molar-refractivity contribution in [2.45, 2.75) is 42.9 Å². The lowest BCUT2D eigenvalue weighted by molar-refractivity contribution is -0.118. The molecule has 0 aromatic heterocycles. The van der Waals surface area contributed by atoms with E-state index in [0.29, 0.717) is 17.0 Å². The summed E-state index contributed by atoms with van der Waals surface area (Å²) < 4.78 is 0. The zero-order chi connectivity index (χ0) is 23.8. The van der Waals surface area contributed by atoms with E-state index in [1.807, 2.05) is 36.4 Å². The van der Waals surface area contributed by atoms with Crippen LogP contribution in [0.2, 0.25) is 5.02 Å². The fourth-order valence-electron chi connectivity index (χ4n) is 5.62. The fourth-order valence-corrected chi connectivity index (χ4v) is 5.89. The smallest absolute Gasteiger partial charge is 0.335 e. The third kappa shape index (κ3) is 2.97. The van der Waals surface area contributed by atoms with Gasteiger partial charge in [-0.3, -0.25) is 4.79 Å². The average Bonchev–Trinajstić information content (AvgIpc) is 3.73. The number of carboxylic acid groups (broad SMARTS) is 1. The van der Waals surface area contributed by atoms with Crippen molar-refractivity contribution in [2.75, 3.05) is 11.9 Å². The van der Waals surface area contributed by atoms with Crippen molar-refractivity contribution < 1.29 is 19.8 Å². The lowest BCUT2D eigenvalue weighted by Gasteiger charge is -2.15. The molecule has 6 heteroatoms. The number of hydrogen-bond acceptors (Lipinski definition) is 3. The van der Waals surface area contributed by atoms with Crippen LogP contribution in [0.5, 0.6) is 0 Å². The van der Waals surface area contributed by atoms with Gasteiger partial charge in [0.2, 0.25) is 5.91 Å². The Hall–Kier alpha value is -3.15. The average molecular weight is 474 g/mol. The van der Waals surface area contributed by atoms with Crippen LogP contribution in [0, 0.1) is 6.92 Å². The number of aromatic carboxylic acids is 1. The highest BCUT2D eigenvalue weighted by atomic mass is 35.5. The maximum atomic E-state index is 13.1. The monoisotopic (exact) mass is 473 g/mol. The van der Waals surface area contributed by atoms with E-state index in [4.69, 9.17) is 11.6 Å². The van der Waals surface area contributed by atoms with Gasteiger partial charge in [-0.05, 0) is 72.2 Å². The van der Waals surface area contributed by atoms with Gasteiger partial charge in [0.1, 0.15) is 0 Å². The molecule has 2 saturated carbocycles. The number of aryl methyl sites for hydroxylation is 1. The number of aliphatic hydroxyl groups is 1. The number of carbonyl (C=O) groups excluding carboxylic acids is 1. The van der Waals surface area contributed by atoms with Gasteiger partial charge in [0, 0.05) is 22.6 Å². The maximum absolute atomic E-state index is 13.1. The molecule has 1 heterocycles. The predicted octanol–water partition coefficient (Wildman–Crippen LogP) is 5.41. The first-order chi connectivity index (χ1) is 16.3. The third-order valence-corrected chi connectivity index (χ3v) is 8.37. The van der Waals surface area contributed by atoms with E-state index in [-0.39, 0.29) is 29.4 Å². The Morgan fingerprint density at radius 2 is 1.85 bits per heavy atom. The second-order valence-corrected chi connectivity index (χ2v) is 10.4. The molecule has 6 rings (SSSR count). The number of hydrogen-bond donors (Lipinski definition) is 3. The number of rotatable bonds is 5. The molecule has 1 amide bonds. The summed E-state index contributed by atoms with van der Waals surface area (Å²) in [6, 6.07) is 17.4. The number of amides is 1. The molecule has 0 bridgehead atoms. The van der Waals surface area contributed by atoms with E-state index < -0.39 is 11.4 Å². The summed E-state index contributed by atoms with van der Waals surface area (Å²) >= 11 is 6.64. The number of carbonyl (C=O) groups is 2. The molecule has 0 radical (unpaired) electrons. The summed E-state index contributed by atoms with van der Waals surface area (Å²) in [5.41, 5.74) is 5.64. The zero-order valence-electron chi connectivity index (χ0n) is 18.7. The number of halogens is 1. The molecule has 3 N–H and O–H groups in total. The van der Waals surface area contributed by atoms with Gasteiger partial charge in [-0.15, -0.1) is 0 Å². The Morgan fingerprint density at radius 3 is 2.50 bits per heavy atom. The van der Waals surface area contributed by atoms with Gasteiger partial charge in [0.05, 0.1) is 22.6 Å². The summed E-state index contributed by atoms with van der Waals surface area (Å²) in [5, 5.41) is 22.8. The molecule has 3 aromatic rings. The minimum absolute atomic E-state index is 0.0628. The molecule has 3 aliphatic rings. The zero-order valence-corrected chi connectivity index (χ0v) is 19.4. The van der Waals surface area contributed by atoms with Crippen molar-refractivity contribution in [3.63, 3.8) is 0 Å². The number of anilines is 1. The molecule has 3 aromatic carbocycles. The fraction of sp³-hybridized carbons (Fsp3) is 0.286. The van der Waals surface area contributed by atoms with Gasteiger partial charge < -0.3 is 15.5 Å². The molecule has 2 aliphatic carbocycles. The Morgan fingerprint density at radius 1 is 1.12 bits per heavy atom. The highest BCUT2D eigenvalue weighted by molar-refractivity contribution is 6.34. The normalized spacial score (nSPS) is 23.5. The van der Waals surface area contributed by atoms with Crippen LogP contribution < -0.4 is 5.32 Å². The predicted molar refractivity (Wildman–Crippen MR) is 131 cm³/mol. The Labute approximate surface area is 202 Å².